The van der Waals surface area contributed by atoms with Gasteiger partial charge in [-0.2, -0.15) is 0 Å². The van der Waals surface area contributed by atoms with Crippen molar-refractivity contribution < 1.29 is 48.0 Å². The van der Waals surface area contributed by atoms with Gasteiger partial charge in [0.05, 0.1) is 25.9 Å². The van der Waals surface area contributed by atoms with Crippen LogP contribution in [0.1, 0.15) is 48.5 Å². The summed E-state index contributed by atoms with van der Waals surface area (Å²) in [5.74, 6) is -1.51. The van der Waals surface area contributed by atoms with E-state index in [1.807, 2.05) is 30.3 Å². The molecule has 1 aliphatic rings. The van der Waals surface area contributed by atoms with E-state index in [4.69, 9.17) is 18.9 Å². The Kier molecular flexibility index (Phi) is 14.1. The van der Waals surface area contributed by atoms with Gasteiger partial charge in [-0.25, -0.2) is 4.79 Å². The third-order valence-electron chi connectivity index (χ3n) is 6.69. The number of aliphatic hydroxyl groups excluding tert-OH is 1. The number of nitrogens with one attached hydrogen (secondary N) is 2. The predicted molar refractivity (Wildman–Crippen MR) is 153 cm³/mol. The van der Waals surface area contributed by atoms with Crippen LogP contribution < -0.4 is 10.6 Å². The summed E-state index contributed by atoms with van der Waals surface area (Å²) < 4.78 is 28.1. The summed E-state index contributed by atoms with van der Waals surface area (Å²) in [5, 5.41) is 16.7. The third kappa shape index (κ3) is 11.4. The van der Waals surface area contributed by atoms with Crippen molar-refractivity contribution in [2.75, 3.05) is 26.9 Å². The van der Waals surface area contributed by atoms with Crippen LogP contribution in [-0.2, 0) is 44.7 Å². The van der Waals surface area contributed by atoms with Crippen molar-refractivity contribution in [3.63, 3.8) is 0 Å². The Bertz CT molecular complexity index is 1160. The minimum Gasteiger partial charge on any atom is -0.469 e. The largest absolute Gasteiger partial charge is 0.469 e. The standard InChI is InChI=1S/C31H40N2O10/c1-21(34)33-27-29(41-19-22-11-5-3-6-12-22)28(37)24(20-42-30(38)23-13-7-4-8-14-23)43-31(27)40-18-17-32-25(35)15-9-10-16-26(36)39-2/h3-8,11-14,24,27-29,31,37H,9-10,15-20H2,1-2H3,(H,32,35)(H,33,34)/t24-,27-,28+,29-,31+/m1/s1. The molecule has 1 fully saturated rings. The second-order valence-corrected chi connectivity index (χ2v) is 9.99. The summed E-state index contributed by atoms with van der Waals surface area (Å²) in [6, 6.07) is 16.8. The number of carbonyl (C=O) groups excluding carboxylic acids is 4. The summed E-state index contributed by atoms with van der Waals surface area (Å²) in [6.07, 6.45) is -2.84. The van der Waals surface area contributed by atoms with E-state index in [1.54, 1.807) is 30.3 Å². The van der Waals surface area contributed by atoms with Crippen molar-refractivity contribution in [1.82, 2.24) is 10.6 Å². The lowest BCUT2D eigenvalue weighted by atomic mass is 9.96. The van der Waals surface area contributed by atoms with Gasteiger partial charge in [0.25, 0.3) is 0 Å². The molecule has 0 radical (unpaired) electrons. The molecule has 5 atom stereocenters. The van der Waals surface area contributed by atoms with Gasteiger partial charge in [-0.05, 0) is 30.5 Å². The minimum atomic E-state index is -1.28. The Labute approximate surface area is 251 Å². The number of methoxy groups -OCH3 is 1. The first-order chi connectivity index (χ1) is 20.8. The van der Waals surface area contributed by atoms with Gasteiger partial charge < -0.3 is 39.4 Å². The fraction of sp³-hybridized carbons (Fsp3) is 0.484. The molecule has 2 aromatic carbocycles. The number of hydrogen-bond acceptors (Lipinski definition) is 10. The number of aliphatic hydroxyl groups is 1. The van der Waals surface area contributed by atoms with E-state index in [2.05, 4.69) is 15.4 Å². The third-order valence-corrected chi connectivity index (χ3v) is 6.69. The second-order valence-electron chi connectivity index (χ2n) is 9.99. The summed E-state index contributed by atoms with van der Waals surface area (Å²) in [7, 11) is 1.32. The Morgan fingerprint density at radius 3 is 2.28 bits per heavy atom. The van der Waals surface area contributed by atoms with Crippen LogP contribution in [0.5, 0.6) is 0 Å². The van der Waals surface area contributed by atoms with E-state index in [0.29, 0.717) is 18.4 Å². The molecule has 234 valence electrons. The van der Waals surface area contributed by atoms with Gasteiger partial charge in [-0.3, -0.25) is 14.4 Å². The van der Waals surface area contributed by atoms with Crippen LogP contribution in [0.3, 0.4) is 0 Å². The zero-order valence-electron chi connectivity index (χ0n) is 24.4. The number of carbonyl (C=O) groups is 4. The van der Waals surface area contributed by atoms with Crippen molar-refractivity contribution in [3.05, 3.63) is 71.8 Å². The molecule has 3 N–H and O–H groups in total. The highest BCUT2D eigenvalue weighted by Crippen LogP contribution is 2.26. The van der Waals surface area contributed by atoms with Gasteiger partial charge in [0.15, 0.2) is 6.29 Å². The molecular formula is C31H40N2O10. The quantitative estimate of drug-likeness (QED) is 0.192. The molecule has 2 aromatic rings. The van der Waals surface area contributed by atoms with Crippen LogP contribution in [-0.4, -0.2) is 86.4 Å². The highest BCUT2D eigenvalue weighted by molar-refractivity contribution is 5.89. The minimum absolute atomic E-state index is 0.0205. The van der Waals surface area contributed by atoms with E-state index in [9.17, 15) is 24.3 Å². The van der Waals surface area contributed by atoms with Gasteiger partial charge >= 0.3 is 11.9 Å². The summed E-state index contributed by atoms with van der Waals surface area (Å²) in [5.41, 5.74) is 1.19. The molecule has 0 unspecified atom stereocenters. The molecule has 2 amide bonds. The van der Waals surface area contributed by atoms with Gasteiger partial charge in [-0.1, -0.05) is 48.5 Å². The lowest BCUT2D eigenvalue weighted by Crippen LogP contribution is -2.65. The van der Waals surface area contributed by atoms with Crippen LogP contribution in [0.2, 0.25) is 0 Å². The topological polar surface area (TPSA) is 159 Å². The first-order valence-electron chi connectivity index (χ1n) is 14.2. The predicted octanol–water partition coefficient (Wildman–Crippen LogP) is 1.89. The van der Waals surface area contributed by atoms with Gasteiger partial charge in [0.1, 0.15) is 31.0 Å². The number of benzene rings is 2. The molecule has 0 aromatic heterocycles. The van der Waals surface area contributed by atoms with E-state index in [-0.39, 0.29) is 51.1 Å². The molecule has 12 nitrogen and oxygen atoms in total. The van der Waals surface area contributed by atoms with Crippen LogP contribution in [0.15, 0.2) is 60.7 Å². The van der Waals surface area contributed by atoms with Crippen molar-refractivity contribution in [1.29, 1.82) is 0 Å². The average Bonchev–Trinajstić information content (AvgIpc) is 3.01. The maximum Gasteiger partial charge on any atom is 0.338 e. The van der Waals surface area contributed by atoms with Crippen LogP contribution in [0.25, 0.3) is 0 Å². The number of unbranched alkanes of at least 4 members (excludes halogenated alkanes) is 1. The highest BCUT2D eigenvalue weighted by Gasteiger charge is 2.47. The van der Waals surface area contributed by atoms with E-state index >= 15 is 0 Å². The molecule has 43 heavy (non-hydrogen) atoms. The fourth-order valence-corrected chi connectivity index (χ4v) is 4.48. The Balaban J connectivity index is 1.63. The number of hydrogen-bond donors (Lipinski definition) is 3. The first kappa shape index (κ1) is 33.7. The number of amides is 2. The molecule has 1 heterocycles. The number of esters is 2. The summed E-state index contributed by atoms with van der Waals surface area (Å²) in [6.45, 7) is 1.33. The maximum absolute atomic E-state index is 12.6. The average molecular weight is 601 g/mol. The van der Waals surface area contributed by atoms with Crippen molar-refractivity contribution in [3.8, 4) is 0 Å². The Morgan fingerprint density at radius 1 is 0.930 bits per heavy atom. The summed E-state index contributed by atoms with van der Waals surface area (Å²) in [4.78, 5) is 48.1. The molecule has 0 saturated carbocycles. The van der Waals surface area contributed by atoms with Gasteiger partial charge in [-0.15, -0.1) is 0 Å². The van der Waals surface area contributed by atoms with E-state index < -0.39 is 42.5 Å². The molecule has 1 saturated heterocycles. The maximum atomic E-state index is 12.6. The normalized spacial score (nSPS) is 21.4. The lowest BCUT2D eigenvalue weighted by molar-refractivity contribution is -0.277. The van der Waals surface area contributed by atoms with Gasteiger partial charge in [0, 0.05) is 26.3 Å². The number of rotatable bonds is 16. The molecule has 0 aliphatic carbocycles. The molecule has 3 rings (SSSR count). The smallest absolute Gasteiger partial charge is 0.338 e. The SMILES string of the molecule is COC(=O)CCCCC(=O)NCCO[C@H]1O[C@H](COC(=O)c2ccccc2)[C@H](O)[C@H](OCc2ccccc2)[C@H]1NC(C)=O. The van der Waals surface area contributed by atoms with E-state index in [1.165, 1.54) is 14.0 Å². The summed E-state index contributed by atoms with van der Waals surface area (Å²) >= 11 is 0. The van der Waals surface area contributed by atoms with Crippen LogP contribution in [0, 0.1) is 0 Å². The lowest BCUT2D eigenvalue weighted by Gasteiger charge is -2.44. The monoisotopic (exact) mass is 600 g/mol. The molecule has 0 bridgehead atoms. The molecule has 1 aliphatic heterocycles. The Morgan fingerprint density at radius 2 is 1.60 bits per heavy atom. The van der Waals surface area contributed by atoms with Crippen molar-refractivity contribution >= 4 is 23.8 Å². The van der Waals surface area contributed by atoms with E-state index in [0.717, 1.165) is 5.56 Å². The van der Waals surface area contributed by atoms with Crippen LogP contribution >= 0.6 is 0 Å². The van der Waals surface area contributed by atoms with Crippen LogP contribution in [0.4, 0.5) is 0 Å². The van der Waals surface area contributed by atoms with Crippen molar-refractivity contribution in [2.45, 2.75) is 69.9 Å². The first-order valence-corrected chi connectivity index (χ1v) is 14.2. The fourth-order valence-electron chi connectivity index (χ4n) is 4.48. The second kappa shape index (κ2) is 18.0. The Hall–Kier alpha value is -3.84. The molecular weight excluding hydrogens is 560 g/mol. The van der Waals surface area contributed by atoms with Crippen molar-refractivity contribution in [2.24, 2.45) is 0 Å². The number of ether oxygens (including phenoxy) is 5. The molecule has 12 heteroatoms. The zero-order chi connectivity index (χ0) is 31.0. The highest BCUT2D eigenvalue weighted by atomic mass is 16.7. The molecule has 0 spiro atoms. The zero-order valence-corrected chi connectivity index (χ0v) is 24.4. The van der Waals surface area contributed by atoms with Gasteiger partial charge in [0.2, 0.25) is 11.8 Å².